The molecule has 3 aliphatic heterocycles. The molecule has 0 aliphatic carbocycles. The van der Waals surface area contributed by atoms with E-state index in [4.69, 9.17) is 25.8 Å². The van der Waals surface area contributed by atoms with Gasteiger partial charge in [0.2, 0.25) is 16.8 Å². The molecule has 3 heterocycles. The molecule has 0 N–H and O–H groups in total. The third-order valence-corrected chi connectivity index (χ3v) is 8.97. The minimum Gasteiger partial charge on any atom is -0.482 e. The predicted molar refractivity (Wildman–Crippen MR) is 134 cm³/mol. The lowest BCUT2D eigenvalue weighted by Gasteiger charge is -2.34. The Labute approximate surface area is 216 Å². The van der Waals surface area contributed by atoms with Crippen molar-refractivity contribution in [2.45, 2.75) is 30.7 Å². The summed E-state index contributed by atoms with van der Waals surface area (Å²) in [5.41, 5.74) is 1.14. The number of halogens is 1. The highest BCUT2D eigenvalue weighted by Crippen LogP contribution is 2.33. The van der Waals surface area contributed by atoms with Crippen LogP contribution in [0.5, 0.6) is 17.2 Å². The summed E-state index contributed by atoms with van der Waals surface area (Å²) in [5, 5.41) is 0.175. The van der Waals surface area contributed by atoms with Crippen LogP contribution in [0, 0.1) is 0 Å². The minimum absolute atomic E-state index is 0.126. The van der Waals surface area contributed by atoms with Crippen molar-refractivity contribution in [2.75, 3.05) is 52.7 Å². The molecule has 2 fully saturated rings. The van der Waals surface area contributed by atoms with Gasteiger partial charge in [-0.2, -0.15) is 4.31 Å². The molecule has 2 saturated heterocycles. The van der Waals surface area contributed by atoms with Gasteiger partial charge in [0.05, 0.1) is 9.92 Å². The average Bonchev–Trinajstić information content (AvgIpc) is 3.37. The molecule has 194 valence electrons. The van der Waals surface area contributed by atoms with E-state index in [0.29, 0.717) is 31.9 Å². The lowest BCUT2D eigenvalue weighted by molar-refractivity contribution is -0.135. The Balaban J connectivity index is 1.11. The van der Waals surface area contributed by atoms with Crippen molar-refractivity contribution in [3.05, 3.63) is 47.0 Å². The maximum Gasteiger partial charge on any atom is 0.260 e. The van der Waals surface area contributed by atoms with Crippen molar-refractivity contribution in [2.24, 2.45) is 0 Å². The van der Waals surface area contributed by atoms with Crippen LogP contribution in [-0.2, 0) is 21.4 Å². The highest BCUT2D eigenvalue weighted by molar-refractivity contribution is 7.89. The number of benzene rings is 2. The summed E-state index contributed by atoms with van der Waals surface area (Å²) in [7, 11) is -3.58. The Morgan fingerprint density at radius 1 is 0.917 bits per heavy atom. The summed E-state index contributed by atoms with van der Waals surface area (Å²) in [5.74, 6) is 1.71. The Morgan fingerprint density at radius 2 is 1.67 bits per heavy atom. The van der Waals surface area contributed by atoms with Crippen LogP contribution in [0.2, 0.25) is 5.02 Å². The van der Waals surface area contributed by atoms with E-state index < -0.39 is 10.0 Å². The van der Waals surface area contributed by atoms with E-state index in [1.807, 2.05) is 18.2 Å². The Morgan fingerprint density at radius 3 is 2.42 bits per heavy atom. The normalized spacial score (nSPS) is 18.9. The first-order valence-electron chi connectivity index (χ1n) is 12.2. The van der Waals surface area contributed by atoms with Crippen LogP contribution in [0.25, 0.3) is 0 Å². The summed E-state index contributed by atoms with van der Waals surface area (Å²) in [6, 6.07) is 10.4. The van der Waals surface area contributed by atoms with E-state index in [-0.39, 0.29) is 29.2 Å². The summed E-state index contributed by atoms with van der Waals surface area (Å²) < 4.78 is 43.7. The van der Waals surface area contributed by atoms with Crippen molar-refractivity contribution in [3.63, 3.8) is 0 Å². The third-order valence-electron chi connectivity index (χ3n) is 6.78. The third kappa shape index (κ3) is 5.56. The van der Waals surface area contributed by atoms with Gasteiger partial charge in [-0.05, 0) is 48.7 Å². The largest absolute Gasteiger partial charge is 0.482 e. The van der Waals surface area contributed by atoms with Crippen LogP contribution >= 0.6 is 11.6 Å². The Bertz CT molecular complexity index is 1210. The predicted octanol–water partition coefficient (Wildman–Crippen LogP) is 2.97. The molecule has 5 rings (SSSR count). The number of hydrogen-bond donors (Lipinski definition) is 0. The molecule has 3 aliphatic rings. The fraction of sp³-hybridized carbons (Fsp3) is 0.480. The van der Waals surface area contributed by atoms with Gasteiger partial charge in [0, 0.05) is 45.8 Å². The van der Waals surface area contributed by atoms with E-state index in [1.165, 1.54) is 22.5 Å². The molecule has 36 heavy (non-hydrogen) atoms. The van der Waals surface area contributed by atoms with E-state index >= 15 is 0 Å². The number of fused-ring (bicyclic) bond motifs is 1. The molecule has 9 nitrogen and oxygen atoms in total. The summed E-state index contributed by atoms with van der Waals surface area (Å²) in [6.07, 6.45) is 2.77. The van der Waals surface area contributed by atoms with Gasteiger partial charge < -0.3 is 19.1 Å². The molecule has 0 aromatic heterocycles. The zero-order chi connectivity index (χ0) is 25.1. The van der Waals surface area contributed by atoms with Crippen LogP contribution in [0.3, 0.4) is 0 Å². The smallest absolute Gasteiger partial charge is 0.260 e. The Kier molecular flexibility index (Phi) is 7.57. The summed E-state index contributed by atoms with van der Waals surface area (Å²) >= 11 is 6.32. The number of ether oxygens (including phenoxy) is 3. The van der Waals surface area contributed by atoms with Crippen LogP contribution in [0.15, 0.2) is 41.3 Å². The number of piperazine rings is 1. The van der Waals surface area contributed by atoms with E-state index in [0.717, 1.165) is 56.0 Å². The first kappa shape index (κ1) is 25.1. The van der Waals surface area contributed by atoms with Crippen LogP contribution in [0.1, 0.15) is 24.8 Å². The van der Waals surface area contributed by atoms with Gasteiger partial charge in [-0.3, -0.25) is 9.69 Å². The van der Waals surface area contributed by atoms with Gasteiger partial charge in [-0.15, -0.1) is 0 Å². The highest BCUT2D eigenvalue weighted by Gasteiger charge is 2.27. The van der Waals surface area contributed by atoms with Crippen LogP contribution in [0.4, 0.5) is 0 Å². The van der Waals surface area contributed by atoms with Crippen molar-refractivity contribution >= 4 is 27.5 Å². The molecule has 2 aromatic rings. The number of sulfonamides is 1. The van der Waals surface area contributed by atoms with Crippen molar-refractivity contribution in [3.8, 4) is 17.2 Å². The topological polar surface area (TPSA) is 88.6 Å². The molecule has 0 unspecified atom stereocenters. The fourth-order valence-electron chi connectivity index (χ4n) is 4.70. The molecule has 0 bridgehead atoms. The molecular formula is C25H30ClN3O6S. The molecule has 2 aromatic carbocycles. The molecule has 0 spiro atoms. The standard InChI is InChI=1S/C25H30ClN3O6S/c26-21-15-20(36(31,32)29-8-2-1-3-9-29)5-7-22(21)33-17-25(30)28-12-10-27(11-13-28)16-19-4-6-23-24(14-19)35-18-34-23/h4-7,14-15H,1-3,8-13,16-18H2. The van der Waals surface area contributed by atoms with Gasteiger partial charge in [0.25, 0.3) is 5.91 Å². The SMILES string of the molecule is O=C(COc1ccc(S(=O)(=O)N2CCCCC2)cc1Cl)N1CCN(Cc2ccc3c(c2)OCO3)CC1. The molecular weight excluding hydrogens is 506 g/mol. The highest BCUT2D eigenvalue weighted by atomic mass is 35.5. The lowest BCUT2D eigenvalue weighted by atomic mass is 10.1. The second-order valence-corrected chi connectivity index (χ2v) is 11.5. The molecule has 0 radical (unpaired) electrons. The monoisotopic (exact) mass is 535 g/mol. The number of rotatable bonds is 7. The number of piperidine rings is 1. The van der Waals surface area contributed by atoms with Gasteiger partial charge in [-0.1, -0.05) is 24.1 Å². The lowest BCUT2D eigenvalue weighted by Crippen LogP contribution is -2.49. The van der Waals surface area contributed by atoms with Crippen LogP contribution in [-0.4, -0.2) is 81.1 Å². The molecule has 1 amide bonds. The van der Waals surface area contributed by atoms with Crippen molar-refractivity contribution in [1.82, 2.24) is 14.1 Å². The van der Waals surface area contributed by atoms with E-state index in [2.05, 4.69) is 4.90 Å². The molecule has 11 heteroatoms. The first-order valence-corrected chi connectivity index (χ1v) is 14.0. The maximum absolute atomic E-state index is 12.9. The second kappa shape index (κ2) is 10.8. The molecule has 0 saturated carbocycles. The zero-order valence-electron chi connectivity index (χ0n) is 20.0. The number of amides is 1. The molecule has 0 atom stereocenters. The summed E-state index contributed by atoms with van der Waals surface area (Å²) in [4.78, 5) is 16.9. The minimum atomic E-state index is -3.58. The first-order chi connectivity index (χ1) is 17.4. The van der Waals surface area contributed by atoms with E-state index in [1.54, 1.807) is 4.90 Å². The second-order valence-electron chi connectivity index (χ2n) is 9.19. The van der Waals surface area contributed by atoms with Gasteiger partial charge in [0.1, 0.15) is 5.75 Å². The van der Waals surface area contributed by atoms with Crippen molar-refractivity contribution in [1.29, 1.82) is 0 Å². The zero-order valence-corrected chi connectivity index (χ0v) is 21.6. The van der Waals surface area contributed by atoms with Gasteiger partial charge >= 0.3 is 0 Å². The van der Waals surface area contributed by atoms with Crippen molar-refractivity contribution < 1.29 is 27.4 Å². The quantitative estimate of drug-likeness (QED) is 0.538. The Hall–Kier alpha value is -2.53. The number of carbonyl (C=O) groups excluding carboxylic acids is 1. The number of carbonyl (C=O) groups is 1. The number of nitrogens with zero attached hydrogens (tertiary/aromatic N) is 3. The maximum atomic E-state index is 12.9. The van der Waals surface area contributed by atoms with Gasteiger partial charge in [-0.25, -0.2) is 8.42 Å². The van der Waals surface area contributed by atoms with Crippen LogP contribution < -0.4 is 14.2 Å². The average molecular weight is 536 g/mol. The van der Waals surface area contributed by atoms with Gasteiger partial charge in [0.15, 0.2) is 18.1 Å². The number of hydrogen-bond acceptors (Lipinski definition) is 7. The fourth-order valence-corrected chi connectivity index (χ4v) is 6.54. The summed E-state index contributed by atoms with van der Waals surface area (Å²) in [6.45, 7) is 4.65. The van der Waals surface area contributed by atoms with E-state index in [9.17, 15) is 13.2 Å².